The van der Waals surface area contributed by atoms with Crippen molar-refractivity contribution >= 4 is 10.9 Å². The largest absolute Gasteiger partial charge is 0.347 e. The molecule has 0 aliphatic heterocycles. The first-order valence-electron chi connectivity index (χ1n) is 7.34. The van der Waals surface area contributed by atoms with Crippen LogP contribution in [0.5, 0.6) is 0 Å². The van der Waals surface area contributed by atoms with Crippen molar-refractivity contribution in [2.24, 2.45) is 0 Å². The van der Waals surface area contributed by atoms with Crippen molar-refractivity contribution in [3.63, 3.8) is 0 Å². The first-order chi connectivity index (χ1) is 9.36. The number of aryl methyl sites for hydroxylation is 1. The minimum absolute atomic E-state index is 0.777. The fourth-order valence-electron chi connectivity index (χ4n) is 2.58. The second-order valence-electron chi connectivity index (χ2n) is 5.13. The van der Waals surface area contributed by atoms with E-state index in [0.717, 1.165) is 17.5 Å². The molecule has 0 atom stereocenters. The third-order valence-electron chi connectivity index (χ3n) is 3.69. The minimum Gasteiger partial charge on any atom is -0.347 e. The van der Waals surface area contributed by atoms with Gasteiger partial charge in [0.15, 0.2) is 0 Å². The number of fused-ring (bicyclic) bond motifs is 1. The molecule has 0 bridgehead atoms. The highest BCUT2D eigenvalue weighted by Crippen LogP contribution is 2.20. The molecule has 2 rings (SSSR count). The van der Waals surface area contributed by atoms with Gasteiger partial charge < -0.3 is 4.57 Å². The van der Waals surface area contributed by atoms with Crippen molar-refractivity contribution in [1.82, 2.24) is 4.57 Å². The summed E-state index contributed by atoms with van der Waals surface area (Å²) in [5, 5.41) is 10.2. The quantitative estimate of drug-likeness (QED) is 0.648. The molecule has 0 aliphatic rings. The van der Waals surface area contributed by atoms with Crippen LogP contribution >= 0.6 is 0 Å². The average Bonchev–Trinajstić information content (AvgIpc) is 2.86. The Kier molecular flexibility index (Phi) is 5.03. The van der Waals surface area contributed by atoms with Crippen LogP contribution in [0, 0.1) is 11.3 Å². The molecule has 1 heterocycles. The third kappa shape index (κ3) is 3.38. The maximum absolute atomic E-state index is 9.08. The fraction of sp³-hybridized carbons (Fsp3) is 0.471. The molecule has 0 amide bonds. The molecule has 0 spiro atoms. The Balaban J connectivity index is 1.93. The molecule has 1 aromatic heterocycles. The van der Waals surface area contributed by atoms with Gasteiger partial charge in [-0.05, 0) is 24.6 Å². The van der Waals surface area contributed by atoms with Crippen molar-refractivity contribution in [3.8, 4) is 6.07 Å². The van der Waals surface area contributed by atoms with Crippen LogP contribution in [0.1, 0.15) is 51.0 Å². The van der Waals surface area contributed by atoms with Crippen molar-refractivity contribution < 1.29 is 0 Å². The van der Waals surface area contributed by atoms with Crippen LogP contribution in [0.3, 0.4) is 0 Å². The maximum atomic E-state index is 9.08. The smallest absolute Gasteiger partial charge is 0.0998 e. The normalized spacial score (nSPS) is 10.7. The molecule has 0 saturated heterocycles. The van der Waals surface area contributed by atoms with Crippen LogP contribution in [-0.4, -0.2) is 4.57 Å². The zero-order chi connectivity index (χ0) is 13.5. The zero-order valence-electron chi connectivity index (χ0n) is 11.7. The fourth-order valence-corrected chi connectivity index (χ4v) is 2.58. The molecule has 0 unspecified atom stereocenters. The van der Waals surface area contributed by atoms with E-state index in [1.54, 1.807) is 0 Å². The van der Waals surface area contributed by atoms with Crippen LogP contribution < -0.4 is 0 Å². The van der Waals surface area contributed by atoms with Crippen LogP contribution in [-0.2, 0) is 6.54 Å². The van der Waals surface area contributed by atoms with E-state index in [2.05, 4.69) is 35.9 Å². The monoisotopic (exact) mass is 254 g/mol. The zero-order valence-corrected chi connectivity index (χ0v) is 11.7. The summed E-state index contributed by atoms with van der Waals surface area (Å²) >= 11 is 0. The van der Waals surface area contributed by atoms with E-state index in [1.165, 1.54) is 44.0 Å². The molecule has 0 N–H and O–H groups in total. The number of aromatic nitrogens is 1. The second kappa shape index (κ2) is 6.99. The lowest BCUT2D eigenvalue weighted by atomic mass is 10.1. The molecule has 2 aromatic rings. The Hall–Kier alpha value is -1.75. The lowest BCUT2D eigenvalue weighted by molar-refractivity contribution is 0.565. The number of nitrogens with zero attached hydrogens (tertiary/aromatic N) is 2. The van der Waals surface area contributed by atoms with Crippen LogP contribution in [0.4, 0.5) is 0 Å². The number of nitriles is 1. The van der Waals surface area contributed by atoms with Crippen molar-refractivity contribution in [3.05, 3.63) is 36.0 Å². The number of hydrogen-bond acceptors (Lipinski definition) is 1. The van der Waals surface area contributed by atoms with Crippen LogP contribution in [0.15, 0.2) is 30.5 Å². The minimum atomic E-state index is 0.777. The summed E-state index contributed by atoms with van der Waals surface area (Å²) in [7, 11) is 0. The Morgan fingerprint density at radius 3 is 2.63 bits per heavy atom. The molecule has 0 aliphatic carbocycles. The van der Waals surface area contributed by atoms with Crippen LogP contribution in [0.25, 0.3) is 10.9 Å². The van der Waals surface area contributed by atoms with Gasteiger partial charge in [-0.2, -0.15) is 5.26 Å². The Labute approximate surface area is 115 Å². The van der Waals surface area contributed by atoms with Gasteiger partial charge in [0.05, 0.1) is 11.6 Å². The average molecular weight is 254 g/mol. The highest BCUT2D eigenvalue weighted by molar-refractivity contribution is 5.85. The van der Waals surface area contributed by atoms with Gasteiger partial charge in [-0.1, -0.05) is 45.1 Å². The summed E-state index contributed by atoms with van der Waals surface area (Å²) in [6, 6.07) is 10.3. The number of rotatable bonds is 7. The molecule has 0 saturated carbocycles. The molecule has 0 fully saturated rings. The second-order valence-corrected chi connectivity index (χ2v) is 5.13. The SMILES string of the molecule is CCCCCCCCn1ccc2c(C#N)cccc21. The summed E-state index contributed by atoms with van der Waals surface area (Å²) < 4.78 is 2.27. The lowest BCUT2D eigenvalue weighted by Crippen LogP contribution is -1.96. The van der Waals surface area contributed by atoms with Gasteiger partial charge in [-0.3, -0.25) is 0 Å². The van der Waals surface area contributed by atoms with E-state index in [-0.39, 0.29) is 0 Å². The molecule has 2 heteroatoms. The van der Waals surface area contributed by atoms with E-state index >= 15 is 0 Å². The first kappa shape index (κ1) is 13.7. The summed E-state index contributed by atoms with van der Waals surface area (Å²) in [5.74, 6) is 0. The van der Waals surface area contributed by atoms with Gasteiger partial charge in [-0.25, -0.2) is 0 Å². The third-order valence-corrected chi connectivity index (χ3v) is 3.69. The summed E-state index contributed by atoms with van der Waals surface area (Å²) in [4.78, 5) is 0. The van der Waals surface area contributed by atoms with E-state index in [4.69, 9.17) is 5.26 Å². The number of benzene rings is 1. The maximum Gasteiger partial charge on any atom is 0.0998 e. The summed E-state index contributed by atoms with van der Waals surface area (Å²) in [5.41, 5.74) is 1.96. The highest BCUT2D eigenvalue weighted by atomic mass is 14.9. The van der Waals surface area contributed by atoms with Gasteiger partial charge in [-0.15, -0.1) is 0 Å². The van der Waals surface area contributed by atoms with Crippen LogP contribution in [0.2, 0.25) is 0 Å². The standard InChI is InChI=1S/C17H22N2/c1-2-3-4-5-6-7-12-19-13-11-16-15(14-18)9-8-10-17(16)19/h8-11,13H,2-7,12H2,1H3. The number of unbranched alkanes of at least 4 members (excludes halogenated alkanes) is 5. The topological polar surface area (TPSA) is 28.7 Å². The van der Waals surface area contributed by atoms with E-state index < -0.39 is 0 Å². The van der Waals surface area contributed by atoms with Gasteiger partial charge in [0, 0.05) is 23.6 Å². The molecule has 0 radical (unpaired) electrons. The van der Waals surface area contributed by atoms with Gasteiger partial charge in [0.25, 0.3) is 0 Å². The summed E-state index contributed by atoms with van der Waals surface area (Å²) in [6.45, 7) is 3.31. The predicted octanol–water partition coefficient (Wildman–Crippen LogP) is 4.87. The Morgan fingerprint density at radius 2 is 1.84 bits per heavy atom. The molecular formula is C17H22N2. The van der Waals surface area contributed by atoms with Crippen molar-refractivity contribution in [1.29, 1.82) is 5.26 Å². The molecule has 1 aromatic carbocycles. The molecule has 19 heavy (non-hydrogen) atoms. The van der Waals surface area contributed by atoms with Gasteiger partial charge >= 0.3 is 0 Å². The van der Waals surface area contributed by atoms with Crippen molar-refractivity contribution in [2.75, 3.05) is 0 Å². The molecule has 100 valence electrons. The van der Waals surface area contributed by atoms with Gasteiger partial charge in [0.2, 0.25) is 0 Å². The van der Waals surface area contributed by atoms with E-state index in [0.29, 0.717) is 0 Å². The molecule has 2 nitrogen and oxygen atoms in total. The summed E-state index contributed by atoms with van der Waals surface area (Å²) in [6.07, 6.45) is 10.0. The van der Waals surface area contributed by atoms with E-state index in [1.807, 2.05) is 12.1 Å². The molecular weight excluding hydrogens is 232 g/mol. The highest BCUT2D eigenvalue weighted by Gasteiger charge is 2.04. The first-order valence-corrected chi connectivity index (χ1v) is 7.34. The lowest BCUT2D eigenvalue weighted by Gasteiger charge is -2.05. The predicted molar refractivity (Wildman–Crippen MR) is 80.0 cm³/mol. The van der Waals surface area contributed by atoms with E-state index in [9.17, 15) is 0 Å². The van der Waals surface area contributed by atoms with Crippen molar-refractivity contribution in [2.45, 2.75) is 52.0 Å². The number of hydrogen-bond donors (Lipinski definition) is 0. The Bertz CT molecular complexity index is 560. The van der Waals surface area contributed by atoms with Gasteiger partial charge in [0.1, 0.15) is 0 Å². The Morgan fingerprint density at radius 1 is 1.05 bits per heavy atom.